The quantitative estimate of drug-likeness (QED) is 0.826. The molecule has 2 aromatic rings. The number of carbonyl (C=O) groups excluding carboxylic acids is 1. The summed E-state index contributed by atoms with van der Waals surface area (Å²) in [6, 6.07) is 11.4. The number of ether oxygens (including phenoxy) is 1. The highest BCUT2D eigenvalue weighted by Crippen LogP contribution is 2.22. The molecular formula is C17H19ClO4. The predicted molar refractivity (Wildman–Crippen MR) is 86.5 cm³/mol. The standard InChI is InChI=1S/C10H12O3.C7H7ClO/c1-2-7-13-10(12)8-5-3-4-6-9(8)11;1-5-6(8)3-2-4-7(5)9/h3-6,11H,2,7H2,1H3;2-4,9H,1H3. The molecule has 2 aromatic carbocycles. The van der Waals surface area contributed by atoms with Crippen LogP contribution in [0.4, 0.5) is 0 Å². The fourth-order valence-corrected chi connectivity index (χ4v) is 1.68. The number of hydrogen-bond donors (Lipinski definition) is 2. The van der Waals surface area contributed by atoms with Crippen molar-refractivity contribution in [2.45, 2.75) is 20.3 Å². The number of carbonyl (C=O) groups is 1. The average Bonchev–Trinajstić information content (AvgIpc) is 2.51. The highest BCUT2D eigenvalue weighted by atomic mass is 35.5. The van der Waals surface area contributed by atoms with Gasteiger partial charge in [0, 0.05) is 10.6 Å². The third-order valence-electron chi connectivity index (χ3n) is 2.80. The first-order valence-electron chi connectivity index (χ1n) is 6.86. The average molecular weight is 323 g/mol. The number of rotatable bonds is 3. The Labute approximate surface area is 134 Å². The van der Waals surface area contributed by atoms with Crippen molar-refractivity contribution >= 4 is 17.6 Å². The number of esters is 1. The summed E-state index contributed by atoms with van der Waals surface area (Å²) in [7, 11) is 0. The van der Waals surface area contributed by atoms with Gasteiger partial charge in [-0.1, -0.05) is 36.7 Å². The molecule has 2 N–H and O–H groups in total. The molecule has 0 aromatic heterocycles. The number of benzene rings is 2. The zero-order valence-corrected chi connectivity index (χ0v) is 13.3. The van der Waals surface area contributed by atoms with Gasteiger partial charge in [0.2, 0.25) is 0 Å². The molecule has 0 atom stereocenters. The highest BCUT2D eigenvalue weighted by molar-refractivity contribution is 6.31. The van der Waals surface area contributed by atoms with Gasteiger partial charge in [0.25, 0.3) is 0 Å². The molecule has 0 amide bonds. The fraction of sp³-hybridized carbons (Fsp3) is 0.235. The first kappa shape index (κ1) is 17.9. The Morgan fingerprint density at radius 3 is 2.27 bits per heavy atom. The minimum atomic E-state index is -0.472. The molecule has 0 radical (unpaired) electrons. The molecular weight excluding hydrogens is 304 g/mol. The molecule has 0 aliphatic rings. The molecule has 0 heterocycles. The van der Waals surface area contributed by atoms with Gasteiger partial charge in [-0.25, -0.2) is 4.79 Å². The van der Waals surface area contributed by atoms with E-state index in [1.54, 1.807) is 37.3 Å². The topological polar surface area (TPSA) is 66.8 Å². The highest BCUT2D eigenvalue weighted by Gasteiger charge is 2.10. The van der Waals surface area contributed by atoms with Crippen LogP contribution in [0.5, 0.6) is 11.5 Å². The molecule has 0 saturated carbocycles. The number of aromatic hydroxyl groups is 2. The molecule has 0 unspecified atom stereocenters. The van der Waals surface area contributed by atoms with Gasteiger partial charge in [-0.05, 0) is 37.6 Å². The van der Waals surface area contributed by atoms with E-state index >= 15 is 0 Å². The Kier molecular flexibility index (Phi) is 7.26. The predicted octanol–water partition coefficient (Wildman–Crippen LogP) is 4.31. The molecule has 4 nitrogen and oxygen atoms in total. The maximum atomic E-state index is 11.2. The van der Waals surface area contributed by atoms with Gasteiger partial charge in [0.05, 0.1) is 6.61 Å². The molecule has 0 saturated heterocycles. The van der Waals surface area contributed by atoms with Gasteiger partial charge >= 0.3 is 5.97 Å². The molecule has 0 aliphatic carbocycles. The second-order valence-corrected chi connectivity index (χ2v) is 4.94. The molecule has 118 valence electrons. The van der Waals surface area contributed by atoms with Crippen LogP contribution in [0.2, 0.25) is 5.02 Å². The minimum Gasteiger partial charge on any atom is -0.508 e. The first-order valence-corrected chi connectivity index (χ1v) is 7.24. The molecule has 0 fully saturated rings. The third kappa shape index (κ3) is 5.30. The summed E-state index contributed by atoms with van der Waals surface area (Å²) >= 11 is 5.65. The van der Waals surface area contributed by atoms with Crippen LogP contribution in [0.25, 0.3) is 0 Å². The van der Waals surface area contributed by atoms with Crippen LogP contribution in [0.3, 0.4) is 0 Å². The Morgan fingerprint density at radius 2 is 1.73 bits per heavy atom. The zero-order chi connectivity index (χ0) is 16.5. The van der Waals surface area contributed by atoms with Crippen molar-refractivity contribution in [3.63, 3.8) is 0 Å². The van der Waals surface area contributed by atoms with Crippen molar-refractivity contribution < 1.29 is 19.7 Å². The monoisotopic (exact) mass is 322 g/mol. The van der Waals surface area contributed by atoms with Crippen molar-refractivity contribution in [3.8, 4) is 11.5 Å². The summed E-state index contributed by atoms with van der Waals surface area (Å²) in [5.74, 6) is -0.258. The summed E-state index contributed by atoms with van der Waals surface area (Å²) in [6.45, 7) is 4.07. The minimum absolute atomic E-state index is 0.0383. The fourth-order valence-electron chi connectivity index (χ4n) is 1.51. The number of phenolic OH excluding ortho intramolecular Hbond substituents is 2. The van der Waals surface area contributed by atoms with E-state index in [4.69, 9.17) is 21.4 Å². The smallest absolute Gasteiger partial charge is 0.341 e. The second kappa shape index (κ2) is 8.95. The summed E-state index contributed by atoms with van der Waals surface area (Å²) < 4.78 is 4.86. The molecule has 5 heteroatoms. The van der Waals surface area contributed by atoms with Crippen molar-refractivity contribution in [2.24, 2.45) is 0 Å². The van der Waals surface area contributed by atoms with E-state index in [-0.39, 0.29) is 17.1 Å². The van der Waals surface area contributed by atoms with Crippen LogP contribution < -0.4 is 0 Å². The van der Waals surface area contributed by atoms with Crippen LogP contribution in [-0.4, -0.2) is 22.8 Å². The normalized spacial score (nSPS) is 9.59. The largest absolute Gasteiger partial charge is 0.508 e. The van der Waals surface area contributed by atoms with E-state index < -0.39 is 5.97 Å². The Hall–Kier alpha value is -2.20. The van der Waals surface area contributed by atoms with Crippen molar-refractivity contribution in [3.05, 3.63) is 58.6 Å². The second-order valence-electron chi connectivity index (χ2n) is 4.54. The number of phenols is 2. The van der Waals surface area contributed by atoms with Gasteiger partial charge in [-0.3, -0.25) is 0 Å². The Bertz CT molecular complexity index is 606. The molecule has 0 spiro atoms. The Morgan fingerprint density at radius 1 is 1.09 bits per heavy atom. The number of halogens is 1. The van der Waals surface area contributed by atoms with Crippen molar-refractivity contribution in [2.75, 3.05) is 6.61 Å². The number of para-hydroxylation sites is 1. The van der Waals surface area contributed by atoms with E-state index in [0.717, 1.165) is 12.0 Å². The third-order valence-corrected chi connectivity index (χ3v) is 3.21. The zero-order valence-electron chi connectivity index (χ0n) is 12.5. The van der Waals surface area contributed by atoms with E-state index in [0.29, 0.717) is 11.6 Å². The molecule has 2 rings (SSSR count). The van der Waals surface area contributed by atoms with Crippen LogP contribution in [-0.2, 0) is 4.74 Å². The van der Waals surface area contributed by atoms with E-state index in [1.807, 2.05) is 6.92 Å². The molecule has 0 bridgehead atoms. The summed E-state index contributed by atoms with van der Waals surface area (Å²) in [5, 5.41) is 18.9. The van der Waals surface area contributed by atoms with E-state index in [1.165, 1.54) is 12.1 Å². The van der Waals surface area contributed by atoms with Gasteiger partial charge in [-0.15, -0.1) is 0 Å². The lowest BCUT2D eigenvalue weighted by molar-refractivity contribution is 0.0502. The number of hydrogen-bond acceptors (Lipinski definition) is 4. The van der Waals surface area contributed by atoms with Crippen LogP contribution in [0.15, 0.2) is 42.5 Å². The van der Waals surface area contributed by atoms with Gasteiger partial charge in [0.15, 0.2) is 0 Å². The Balaban J connectivity index is 0.000000235. The van der Waals surface area contributed by atoms with Crippen molar-refractivity contribution in [1.29, 1.82) is 0 Å². The van der Waals surface area contributed by atoms with Gasteiger partial charge in [-0.2, -0.15) is 0 Å². The van der Waals surface area contributed by atoms with Crippen LogP contribution in [0, 0.1) is 6.92 Å². The van der Waals surface area contributed by atoms with E-state index in [2.05, 4.69) is 0 Å². The molecule has 22 heavy (non-hydrogen) atoms. The lowest BCUT2D eigenvalue weighted by Crippen LogP contribution is -2.05. The van der Waals surface area contributed by atoms with Gasteiger partial charge < -0.3 is 14.9 Å². The van der Waals surface area contributed by atoms with Gasteiger partial charge in [0.1, 0.15) is 17.1 Å². The first-order chi connectivity index (χ1) is 10.5. The summed E-state index contributed by atoms with van der Waals surface area (Å²) in [6.07, 6.45) is 0.777. The van der Waals surface area contributed by atoms with Crippen molar-refractivity contribution in [1.82, 2.24) is 0 Å². The van der Waals surface area contributed by atoms with Crippen LogP contribution in [0.1, 0.15) is 29.3 Å². The lowest BCUT2D eigenvalue weighted by atomic mass is 10.2. The maximum absolute atomic E-state index is 11.2. The van der Waals surface area contributed by atoms with Crippen LogP contribution >= 0.6 is 11.6 Å². The summed E-state index contributed by atoms with van der Waals surface area (Å²) in [5.41, 5.74) is 0.954. The lowest BCUT2D eigenvalue weighted by Gasteiger charge is -2.03. The summed E-state index contributed by atoms with van der Waals surface area (Å²) in [4.78, 5) is 11.2. The SMILES string of the molecule is CCCOC(=O)c1ccccc1O.Cc1c(O)cccc1Cl. The molecule has 0 aliphatic heterocycles. The van der Waals surface area contributed by atoms with E-state index in [9.17, 15) is 9.90 Å². The maximum Gasteiger partial charge on any atom is 0.341 e.